The fourth-order valence-electron chi connectivity index (χ4n) is 3.02. The van der Waals surface area contributed by atoms with Crippen LogP contribution in [0, 0.1) is 5.92 Å². The van der Waals surface area contributed by atoms with Gasteiger partial charge in [-0.25, -0.2) is 0 Å². The van der Waals surface area contributed by atoms with E-state index in [9.17, 15) is 0 Å². The second-order valence-corrected chi connectivity index (χ2v) is 7.17. The average molecular weight is 254 g/mol. The molecule has 0 radical (unpaired) electrons. The summed E-state index contributed by atoms with van der Waals surface area (Å²) in [6, 6.07) is 1.18. The molecule has 4 atom stereocenters. The maximum atomic E-state index is 4.96. The summed E-state index contributed by atoms with van der Waals surface area (Å²) in [5.41, 5.74) is 0. The van der Waals surface area contributed by atoms with Crippen LogP contribution in [0.2, 0.25) is 0 Å². The largest absolute Gasteiger partial charge is 0.362 e. The molecule has 1 heterocycles. The fraction of sp³-hybridized carbons (Fsp3) is 0.929. The van der Waals surface area contributed by atoms with E-state index in [-0.39, 0.29) is 0 Å². The molecule has 1 saturated heterocycles. The molecule has 1 aliphatic heterocycles. The monoisotopic (exact) mass is 254 g/mol. The second kappa shape index (κ2) is 6.12. The van der Waals surface area contributed by atoms with Crippen LogP contribution in [-0.4, -0.2) is 22.5 Å². The highest BCUT2D eigenvalue weighted by atomic mass is 32.2. The van der Waals surface area contributed by atoms with Crippen LogP contribution in [0.5, 0.6) is 0 Å². The Bertz CT molecular complexity index is 265. The van der Waals surface area contributed by atoms with Crippen molar-refractivity contribution in [3.63, 3.8) is 0 Å². The number of hydrogen-bond acceptors (Lipinski definition) is 2. The number of aliphatic imine (C=N–C) groups is 1. The van der Waals surface area contributed by atoms with Crippen LogP contribution in [-0.2, 0) is 0 Å². The molecule has 0 spiro atoms. The van der Waals surface area contributed by atoms with Gasteiger partial charge in [0.05, 0.1) is 6.04 Å². The molecule has 4 unspecified atom stereocenters. The Balaban J connectivity index is 1.93. The van der Waals surface area contributed by atoms with E-state index in [1.54, 1.807) is 0 Å². The third-order valence-electron chi connectivity index (χ3n) is 4.00. The minimum Gasteiger partial charge on any atom is -0.362 e. The zero-order valence-electron chi connectivity index (χ0n) is 11.4. The number of rotatable bonds is 2. The second-order valence-electron chi connectivity index (χ2n) is 5.74. The highest BCUT2D eigenvalue weighted by molar-refractivity contribution is 8.14. The van der Waals surface area contributed by atoms with Crippen molar-refractivity contribution in [2.75, 3.05) is 0 Å². The minimum absolute atomic E-state index is 0.584. The maximum Gasteiger partial charge on any atom is 0.157 e. The lowest BCUT2D eigenvalue weighted by atomic mass is 9.84. The molecule has 0 aromatic carbocycles. The van der Waals surface area contributed by atoms with Gasteiger partial charge in [0.25, 0.3) is 0 Å². The highest BCUT2D eigenvalue weighted by Gasteiger charge is 2.24. The molecule has 3 heteroatoms. The lowest BCUT2D eigenvalue weighted by Gasteiger charge is -2.30. The van der Waals surface area contributed by atoms with Crippen LogP contribution in [0.3, 0.4) is 0 Å². The average Bonchev–Trinajstić information content (AvgIpc) is 2.28. The van der Waals surface area contributed by atoms with Crippen molar-refractivity contribution < 1.29 is 0 Å². The Morgan fingerprint density at radius 1 is 1.29 bits per heavy atom. The third-order valence-corrected chi connectivity index (χ3v) is 5.04. The molecular weight excluding hydrogens is 228 g/mol. The molecule has 0 aromatic rings. The summed E-state index contributed by atoms with van der Waals surface area (Å²) >= 11 is 1.93. The Labute approximate surface area is 110 Å². The molecule has 2 rings (SSSR count). The number of amidine groups is 1. The Hall–Kier alpha value is -0.180. The SMILES string of the molecule is CCC1CCCC(N=C2NC(C)CC(C)S2)C1. The van der Waals surface area contributed by atoms with Crippen LogP contribution < -0.4 is 5.32 Å². The van der Waals surface area contributed by atoms with Gasteiger partial charge in [0.15, 0.2) is 5.17 Å². The zero-order chi connectivity index (χ0) is 12.3. The molecule has 17 heavy (non-hydrogen) atoms. The molecule has 1 aliphatic carbocycles. The molecule has 2 aliphatic rings. The van der Waals surface area contributed by atoms with Crippen molar-refractivity contribution in [3.05, 3.63) is 0 Å². The lowest BCUT2D eigenvalue weighted by molar-refractivity contribution is 0.316. The predicted molar refractivity (Wildman–Crippen MR) is 77.7 cm³/mol. The van der Waals surface area contributed by atoms with E-state index in [1.807, 2.05) is 11.8 Å². The van der Waals surface area contributed by atoms with E-state index in [4.69, 9.17) is 4.99 Å². The first-order chi connectivity index (χ1) is 8.17. The van der Waals surface area contributed by atoms with Crippen LogP contribution in [0.25, 0.3) is 0 Å². The highest BCUT2D eigenvalue weighted by Crippen LogP contribution is 2.30. The van der Waals surface area contributed by atoms with Gasteiger partial charge in [0.1, 0.15) is 0 Å². The van der Waals surface area contributed by atoms with E-state index < -0.39 is 0 Å². The molecule has 1 N–H and O–H groups in total. The van der Waals surface area contributed by atoms with E-state index >= 15 is 0 Å². The Morgan fingerprint density at radius 3 is 2.82 bits per heavy atom. The fourth-order valence-corrected chi connectivity index (χ4v) is 4.27. The number of nitrogens with zero attached hydrogens (tertiary/aromatic N) is 1. The van der Waals surface area contributed by atoms with Crippen LogP contribution in [0.15, 0.2) is 4.99 Å². The van der Waals surface area contributed by atoms with Gasteiger partial charge in [0.2, 0.25) is 0 Å². The molecule has 0 aromatic heterocycles. The lowest BCUT2D eigenvalue weighted by Crippen LogP contribution is -2.39. The minimum atomic E-state index is 0.584. The molecule has 2 fully saturated rings. The van der Waals surface area contributed by atoms with Crippen molar-refractivity contribution in [1.29, 1.82) is 0 Å². The van der Waals surface area contributed by atoms with Crippen LogP contribution in [0.1, 0.15) is 59.3 Å². The molecule has 2 nitrogen and oxygen atoms in total. The van der Waals surface area contributed by atoms with E-state index in [0.717, 1.165) is 11.2 Å². The normalized spacial score (nSPS) is 41.2. The first kappa shape index (κ1) is 13.3. The molecular formula is C14H26N2S. The number of hydrogen-bond donors (Lipinski definition) is 1. The number of nitrogens with one attached hydrogen (secondary N) is 1. The smallest absolute Gasteiger partial charge is 0.157 e. The summed E-state index contributed by atoms with van der Waals surface area (Å²) in [6.07, 6.45) is 7.98. The van der Waals surface area contributed by atoms with E-state index in [2.05, 4.69) is 26.1 Å². The van der Waals surface area contributed by atoms with Crippen LogP contribution >= 0.6 is 11.8 Å². The first-order valence-electron chi connectivity index (χ1n) is 7.18. The van der Waals surface area contributed by atoms with Crippen LogP contribution in [0.4, 0.5) is 0 Å². The van der Waals surface area contributed by atoms with Crippen molar-refractivity contribution >= 4 is 16.9 Å². The molecule has 0 amide bonds. The van der Waals surface area contributed by atoms with Crippen molar-refractivity contribution in [3.8, 4) is 0 Å². The maximum absolute atomic E-state index is 4.96. The topological polar surface area (TPSA) is 24.4 Å². The standard InChI is InChI=1S/C14H26N2S/c1-4-12-6-5-7-13(9-12)16-14-15-10(2)8-11(3)17-14/h10-13H,4-9H2,1-3H3,(H,15,16). The van der Waals surface area contributed by atoms with Gasteiger partial charge in [-0.15, -0.1) is 0 Å². The third kappa shape index (κ3) is 3.90. The summed E-state index contributed by atoms with van der Waals surface area (Å²) in [6.45, 7) is 6.90. The van der Waals surface area contributed by atoms with Crippen molar-refractivity contribution in [2.45, 2.75) is 76.6 Å². The first-order valence-corrected chi connectivity index (χ1v) is 8.06. The predicted octanol–water partition coefficient (Wildman–Crippen LogP) is 3.81. The summed E-state index contributed by atoms with van der Waals surface area (Å²) in [5, 5.41) is 5.46. The molecule has 1 saturated carbocycles. The summed E-state index contributed by atoms with van der Waals surface area (Å²) in [5.74, 6) is 0.918. The summed E-state index contributed by atoms with van der Waals surface area (Å²) in [7, 11) is 0. The Kier molecular flexibility index (Phi) is 4.78. The quantitative estimate of drug-likeness (QED) is 0.810. The Morgan fingerprint density at radius 2 is 2.12 bits per heavy atom. The van der Waals surface area contributed by atoms with Gasteiger partial charge >= 0.3 is 0 Å². The van der Waals surface area contributed by atoms with Gasteiger partial charge < -0.3 is 5.32 Å². The van der Waals surface area contributed by atoms with Gasteiger partial charge in [0, 0.05) is 11.3 Å². The summed E-state index contributed by atoms with van der Waals surface area (Å²) < 4.78 is 0. The van der Waals surface area contributed by atoms with Gasteiger partial charge in [-0.3, -0.25) is 4.99 Å². The zero-order valence-corrected chi connectivity index (χ0v) is 12.2. The number of thioether (sulfide) groups is 1. The van der Waals surface area contributed by atoms with E-state index in [0.29, 0.717) is 12.1 Å². The molecule has 0 bridgehead atoms. The van der Waals surface area contributed by atoms with Crippen molar-refractivity contribution in [2.24, 2.45) is 10.9 Å². The van der Waals surface area contributed by atoms with Crippen molar-refractivity contribution in [1.82, 2.24) is 5.32 Å². The molecule has 98 valence electrons. The van der Waals surface area contributed by atoms with E-state index in [1.165, 1.54) is 43.7 Å². The van der Waals surface area contributed by atoms with Gasteiger partial charge in [-0.05, 0) is 32.1 Å². The van der Waals surface area contributed by atoms with Gasteiger partial charge in [-0.1, -0.05) is 44.9 Å². The summed E-state index contributed by atoms with van der Waals surface area (Å²) in [4.78, 5) is 4.96. The van der Waals surface area contributed by atoms with Gasteiger partial charge in [-0.2, -0.15) is 0 Å².